The highest BCUT2D eigenvalue weighted by Gasteiger charge is 2.38. The van der Waals surface area contributed by atoms with E-state index in [1.165, 1.54) is 0 Å². The Labute approximate surface area is 131 Å². The minimum Gasteiger partial charge on any atom is -0.373 e. The van der Waals surface area contributed by atoms with Gasteiger partial charge in [0.25, 0.3) is 5.91 Å². The molecule has 2 fully saturated rings. The van der Waals surface area contributed by atoms with E-state index in [2.05, 4.69) is 24.3 Å². The number of hydrogen-bond donors (Lipinski definition) is 1. The van der Waals surface area contributed by atoms with E-state index in [1.807, 2.05) is 22.6 Å². The second-order valence-corrected chi connectivity index (χ2v) is 6.61. The maximum absolute atomic E-state index is 12.9. The number of morpholine rings is 1. The van der Waals surface area contributed by atoms with Gasteiger partial charge in [-0.2, -0.15) is 5.10 Å². The molecule has 1 N–H and O–H groups in total. The van der Waals surface area contributed by atoms with Crippen LogP contribution in [0.25, 0.3) is 0 Å². The summed E-state index contributed by atoms with van der Waals surface area (Å²) in [5, 5.41) is 8.01. The molecule has 0 saturated carbocycles. The third-order valence-corrected chi connectivity index (χ3v) is 4.36. The summed E-state index contributed by atoms with van der Waals surface area (Å²) < 4.78 is 7.58. The summed E-state index contributed by atoms with van der Waals surface area (Å²) in [5.41, 5.74) is 1.71. The van der Waals surface area contributed by atoms with Crippen LogP contribution in [0.3, 0.4) is 0 Å². The number of nitrogens with zero attached hydrogens (tertiary/aromatic N) is 3. The first-order chi connectivity index (χ1) is 10.6. The van der Waals surface area contributed by atoms with Crippen LogP contribution >= 0.6 is 0 Å². The largest absolute Gasteiger partial charge is 0.373 e. The molecule has 0 aliphatic carbocycles. The zero-order valence-electron chi connectivity index (χ0n) is 13.7. The van der Waals surface area contributed by atoms with Gasteiger partial charge in [-0.25, -0.2) is 0 Å². The second-order valence-electron chi connectivity index (χ2n) is 6.61. The van der Waals surface area contributed by atoms with E-state index in [0.717, 1.165) is 31.8 Å². The molecular formula is C16H26N4O2. The number of rotatable bonds is 4. The number of ether oxygens (including phenoxy) is 1. The van der Waals surface area contributed by atoms with E-state index in [-0.39, 0.29) is 18.1 Å². The highest BCUT2D eigenvalue weighted by molar-refractivity contribution is 5.93. The average Bonchev–Trinajstić information content (AvgIpc) is 3.09. The number of aromatic nitrogens is 2. The van der Waals surface area contributed by atoms with Crippen LogP contribution < -0.4 is 5.32 Å². The normalized spacial score (nSPS) is 24.8. The minimum absolute atomic E-state index is 0.0733. The first kappa shape index (κ1) is 15.5. The molecule has 1 aromatic heterocycles. The Bertz CT molecular complexity index is 526. The van der Waals surface area contributed by atoms with E-state index < -0.39 is 0 Å². The maximum atomic E-state index is 12.9. The zero-order chi connectivity index (χ0) is 15.7. The van der Waals surface area contributed by atoms with Crippen molar-refractivity contribution in [2.45, 2.75) is 45.9 Å². The van der Waals surface area contributed by atoms with Gasteiger partial charge in [0.15, 0.2) is 0 Å². The molecule has 2 aliphatic rings. The fraction of sp³-hybridized carbons (Fsp3) is 0.750. The predicted octanol–water partition coefficient (Wildman–Crippen LogP) is 0.914. The summed E-state index contributed by atoms with van der Waals surface area (Å²) in [4.78, 5) is 14.7. The molecule has 3 heterocycles. The standard InChI is InChI=1S/C16H26N4O2/c1-4-20-14(8-12(18-20)7-11(2)3)16(21)19-9-13-15(10-19)22-6-5-17-13/h8,11,13,15,17H,4-7,9-10H2,1-3H3/t13-,15-/m0/s1. The molecule has 6 nitrogen and oxygen atoms in total. The second kappa shape index (κ2) is 6.38. The molecular weight excluding hydrogens is 280 g/mol. The molecule has 6 heteroatoms. The van der Waals surface area contributed by atoms with Gasteiger partial charge >= 0.3 is 0 Å². The molecule has 0 aromatic carbocycles. The van der Waals surface area contributed by atoms with Crippen LogP contribution in [0.1, 0.15) is 37.0 Å². The molecule has 2 aliphatic heterocycles. The Hall–Kier alpha value is -1.40. The Morgan fingerprint density at radius 3 is 3.00 bits per heavy atom. The molecule has 3 rings (SSSR count). The van der Waals surface area contributed by atoms with Crippen molar-refractivity contribution in [3.05, 3.63) is 17.5 Å². The molecule has 22 heavy (non-hydrogen) atoms. The number of fused-ring (bicyclic) bond motifs is 1. The van der Waals surface area contributed by atoms with Gasteiger partial charge < -0.3 is 15.0 Å². The Balaban J connectivity index is 1.75. The summed E-state index contributed by atoms with van der Waals surface area (Å²) in [6.45, 7) is 10.1. The van der Waals surface area contributed by atoms with Crippen LogP contribution in [0, 0.1) is 5.92 Å². The number of aryl methyl sites for hydroxylation is 1. The third kappa shape index (κ3) is 3.03. The molecule has 1 aromatic rings. The van der Waals surface area contributed by atoms with Crippen LogP contribution in [0.4, 0.5) is 0 Å². The van der Waals surface area contributed by atoms with Crippen molar-refractivity contribution in [3.63, 3.8) is 0 Å². The topological polar surface area (TPSA) is 59.4 Å². The lowest BCUT2D eigenvalue weighted by molar-refractivity contribution is 0.0175. The van der Waals surface area contributed by atoms with Gasteiger partial charge in [0.2, 0.25) is 0 Å². The summed E-state index contributed by atoms with van der Waals surface area (Å²) in [7, 11) is 0. The summed E-state index contributed by atoms with van der Waals surface area (Å²) >= 11 is 0. The molecule has 0 radical (unpaired) electrons. The first-order valence-corrected chi connectivity index (χ1v) is 8.29. The third-order valence-electron chi connectivity index (χ3n) is 4.36. The SMILES string of the molecule is CCn1nc(CC(C)C)cc1C(=O)N1C[C@@H]2NCCO[C@H]2C1. The van der Waals surface area contributed by atoms with Crippen LogP contribution in [-0.2, 0) is 17.7 Å². The van der Waals surface area contributed by atoms with Crippen LogP contribution in [0.15, 0.2) is 6.07 Å². The highest BCUT2D eigenvalue weighted by Crippen LogP contribution is 2.20. The molecule has 1 amide bonds. The van der Waals surface area contributed by atoms with Gasteiger partial charge in [0, 0.05) is 26.2 Å². The number of carbonyl (C=O) groups excluding carboxylic acids is 1. The van der Waals surface area contributed by atoms with Crippen LogP contribution in [-0.4, -0.2) is 59.0 Å². The fourth-order valence-corrected chi connectivity index (χ4v) is 3.32. The van der Waals surface area contributed by atoms with E-state index in [1.54, 1.807) is 0 Å². The molecule has 0 bridgehead atoms. The van der Waals surface area contributed by atoms with Gasteiger partial charge in [0.1, 0.15) is 5.69 Å². The van der Waals surface area contributed by atoms with Crippen molar-refractivity contribution in [2.75, 3.05) is 26.2 Å². The Morgan fingerprint density at radius 2 is 2.32 bits per heavy atom. The molecule has 122 valence electrons. The quantitative estimate of drug-likeness (QED) is 0.898. The van der Waals surface area contributed by atoms with E-state index in [4.69, 9.17) is 4.74 Å². The minimum atomic E-state index is 0.0733. The van der Waals surface area contributed by atoms with Crippen molar-refractivity contribution in [2.24, 2.45) is 5.92 Å². The van der Waals surface area contributed by atoms with Gasteiger partial charge in [-0.3, -0.25) is 9.48 Å². The molecule has 2 saturated heterocycles. The van der Waals surface area contributed by atoms with E-state index >= 15 is 0 Å². The summed E-state index contributed by atoms with van der Waals surface area (Å²) in [6, 6.07) is 2.23. The molecule has 2 atom stereocenters. The fourth-order valence-electron chi connectivity index (χ4n) is 3.32. The van der Waals surface area contributed by atoms with Gasteiger partial charge in [-0.05, 0) is 25.3 Å². The monoisotopic (exact) mass is 306 g/mol. The number of nitrogens with one attached hydrogen (secondary N) is 1. The predicted molar refractivity (Wildman–Crippen MR) is 83.9 cm³/mol. The average molecular weight is 306 g/mol. The molecule has 0 unspecified atom stereocenters. The van der Waals surface area contributed by atoms with Crippen molar-refractivity contribution in [3.8, 4) is 0 Å². The van der Waals surface area contributed by atoms with Crippen molar-refractivity contribution in [1.29, 1.82) is 0 Å². The number of likely N-dealkylation sites (tertiary alicyclic amines) is 1. The lowest BCUT2D eigenvalue weighted by Gasteiger charge is -2.25. The van der Waals surface area contributed by atoms with Crippen LogP contribution in [0.2, 0.25) is 0 Å². The number of hydrogen-bond acceptors (Lipinski definition) is 4. The van der Waals surface area contributed by atoms with Crippen molar-refractivity contribution < 1.29 is 9.53 Å². The summed E-state index contributed by atoms with van der Waals surface area (Å²) in [6.07, 6.45) is 1.04. The smallest absolute Gasteiger partial charge is 0.272 e. The number of carbonyl (C=O) groups is 1. The molecule has 0 spiro atoms. The summed E-state index contributed by atoms with van der Waals surface area (Å²) in [5.74, 6) is 0.611. The Morgan fingerprint density at radius 1 is 1.50 bits per heavy atom. The van der Waals surface area contributed by atoms with Crippen molar-refractivity contribution >= 4 is 5.91 Å². The first-order valence-electron chi connectivity index (χ1n) is 8.29. The Kier molecular flexibility index (Phi) is 4.49. The lowest BCUT2D eigenvalue weighted by atomic mass is 10.1. The van der Waals surface area contributed by atoms with Gasteiger partial charge in [0.05, 0.1) is 24.4 Å². The van der Waals surface area contributed by atoms with Crippen molar-refractivity contribution in [1.82, 2.24) is 20.0 Å². The lowest BCUT2D eigenvalue weighted by Crippen LogP contribution is -2.47. The van der Waals surface area contributed by atoms with E-state index in [0.29, 0.717) is 24.7 Å². The van der Waals surface area contributed by atoms with Crippen LogP contribution in [0.5, 0.6) is 0 Å². The number of amides is 1. The zero-order valence-corrected chi connectivity index (χ0v) is 13.7. The van der Waals surface area contributed by atoms with Gasteiger partial charge in [-0.1, -0.05) is 13.8 Å². The van der Waals surface area contributed by atoms with E-state index in [9.17, 15) is 4.79 Å². The highest BCUT2D eigenvalue weighted by atomic mass is 16.5. The van der Waals surface area contributed by atoms with Gasteiger partial charge in [-0.15, -0.1) is 0 Å². The maximum Gasteiger partial charge on any atom is 0.272 e.